The Bertz CT molecular complexity index is 232. The van der Waals surface area contributed by atoms with Crippen molar-refractivity contribution in [3.63, 3.8) is 0 Å². The standard InChI is InChI=1S/C14H28N2O/c1-4-5-14-8-13(6-7-17-14)16-10-11(2)15-9-12(16)3/h11-15H,4-10H2,1-3H3. The molecule has 17 heavy (non-hydrogen) atoms. The van der Waals surface area contributed by atoms with Gasteiger partial charge in [0.1, 0.15) is 0 Å². The molecule has 0 amide bonds. The quantitative estimate of drug-likeness (QED) is 0.817. The van der Waals surface area contributed by atoms with Crippen molar-refractivity contribution in [2.24, 2.45) is 0 Å². The van der Waals surface area contributed by atoms with Crippen LogP contribution in [0.15, 0.2) is 0 Å². The van der Waals surface area contributed by atoms with Crippen molar-refractivity contribution in [2.75, 3.05) is 19.7 Å². The highest BCUT2D eigenvalue weighted by atomic mass is 16.5. The molecule has 3 nitrogen and oxygen atoms in total. The first-order chi connectivity index (χ1) is 8.20. The summed E-state index contributed by atoms with van der Waals surface area (Å²) in [5, 5.41) is 3.56. The maximum atomic E-state index is 5.86. The van der Waals surface area contributed by atoms with Gasteiger partial charge in [0.15, 0.2) is 0 Å². The van der Waals surface area contributed by atoms with Gasteiger partial charge in [0, 0.05) is 37.8 Å². The molecular weight excluding hydrogens is 212 g/mol. The van der Waals surface area contributed by atoms with Crippen molar-refractivity contribution in [3.05, 3.63) is 0 Å². The second-order valence-corrected chi connectivity index (χ2v) is 5.81. The summed E-state index contributed by atoms with van der Waals surface area (Å²) in [4.78, 5) is 2.71. The van der Waals surface area contributed by atoms with Gasteiger partial charge >= 0.3 is 0 Å². The van der Waals surface area contributed by atoms with E-state index in [1.165, 1.54) is 32.2 Å². The average Bonchev–Trinajstić information content (AvgIpc) is 2.33. The number of piperazine rings is 1. The van der Waals surface area contributed by atoms with Gasteiger partial charge in [-0.1, -0.05) is 13.3 Å². The third-order valence-corrected chi connectivity index (χ3v) is 4.23. The van der Waals surface area contributed by atoms with E-state index in [9.17, 15) is 0 Å². The van der Waals surface area contributed by atoms with Gasteiger partial charge in [-0.15, -0.1) is 0 Å². The van der Waals surface area contributed by atoms with Crippen LogP contribution in [-0.2, 0) is 4.74 Å². The summed E-state index contributed by atoms with van der Waals surface area (Å²) in [5.41, 5.74) is 0. The zero-order valence-corrected chi connectivity index (χ0v) is 11.6. The highest BCUT2D eigenvalue weighted by Gasteiger charge is 2.32. The van der Waals surface area contributed by atoms with E-state index in [0.717, 1.165) is 19.2 Å². The number of nitrogens with zero attached hydrogens (tertiary/aromatic N) is 1. The molecule has 0 bridgehead atoms. The molecule has 0 aromatic carbocycles. The van der Waals surface area contributed by atoms with Gasteiger partial charge in [-0.05, 0) is 33.1 Å². The predicted octanol–water partition coefficient (Wildman–Crippen LogP) is 2.02. The lowest BCUT2D eigenvalue weighted by molar-refractivity contribution is -0.0454. The molecule has 2 fully saturated rings. The van der Waals surface area contributed by atoms with E-state index >= 15 is 0 Å². The van der Waals surface area contributed by atoms with Crippen LogP contribution < -0.4 is 5.32 Å². The molecule has 0 aliphatic carbocycles. The molecule has 2 aliphatic rings. The van der Waals surface area contributed by atoms with E-state index in [-0.39, 0.29) is 0 Å². The van der Waals surface area contributed by atoms with E-state index in [2.05, 4.69) is 31.0 Å². The van der Waals surface area contributed by atoms with E-state index in [1.807, 2.05) is 0 Å². The van der Waals surface area contributed by atoms with Crippen LogP contribution in [0.2, 0.25) is 0 Å². The van der Waals surface area contributed by atoms with Crippen LogP contribution in [0.3, 0.4) is 0 Å². The number of hydrogen-bond acceptors (Lipinski definition) is 3. The van der Waals surface area contributed by atoms with Gasteiger partial charge in [0.25, 0.3) is 0 Å². The number of nitrogens with one attached hydrogen (secondary N) is 1. The topological polar surface area (TPSA) is 24.5 Å². The molecule has 2 aliphatic heterocycles. The van der Waals surface area contributed by atoms with Gasteiger partial charge in [-0.25, -0.2) is 0 Å². The first kappa shape index (κ1) is 13.3. The molecule has 4 unspecified atom stereocenters. The normalized spacial score (nSPS) is 40.4. The van der Waals surface area contributed by atoms with Crippen LogP contribution in [0.1, 0.15) is 46.5 Å². The van der Waals surface area contributed by atoms with Crippen LogP contribution in [0.5, 0.6) is 0 Å². The molecule has 2 heterocycles. The third kappa shape index (κ3) is 3.43. The molecule has 2 saturated heterocycles. The Labute approximate surface area is 106 Å². The lowest BCUT2D eigenvalue weighted by Gasteiger charge is -2.45. The number of rotatable bonds is 3. The van der Waals surface area contributed by atoms with E-state index in [4.69, 9.17) is 4.74 Å². The van der Waals surface area contributed by atoms with Crippen LogP contribution in [0.25, 0.3) is 0 Å². The Morgan fingerprint density at radius 2 is 2.18 bits per heavy atom. The molecule has 1 N–H and O–H groups in total. The largest absolute Gasteiger partial charge is 0.378 e. The van der Waals surface area contributed by atoms with Gasteiger partial charge in [0.05, 0.1) is 6.10 Å². The summed E-state index contributed by atoms with van der Waals surface area (Å²) in [6, 6.07) is 2.06. The van der Waals surface area contributed by atoms with Crippen molar-refractivity contribution >= 4 is 0 Å². The second kappa shape index (κ2) is 6.17. The maximum absolute atomic E-state index is 5.86. The lowest BCUT2D eigenvalue weighted by Crippen LogP contribution is -2.59. The average molecular weight is 240 g/mol. The molecule has 0 spiro atoms. The summed E-state index contributed by atoms with van der Waals surface area (Å²) in [6.45, 7) is 10.2. The van der Waals surface area contributed by atoms with Gasteiger partial charge < -0.3 is 10.1 Å². The highest BCUT2D eigenvalue weighted by Crippen LogP contribution is 2.25. The van der Waals surface area contributed by atoms with Crippen LogP contribution >= 0.6 is 0 Å². The van der Waals surface area contributed by atoms with Gasteiger partial charge in [0.2, 0.25) is 0 Å². The van der Waals surface area contributed by atoms with Crippen molar-refractivity contribution in [2.45, 2.75) is 70.7 Å². The minimum absolute atomic E-state index is 0.510. The Morgan fingerprint density at radius 3 is 2.94 bits per heavy atom. The smallest absolute Gasteiger partial charge is 0.0590 e. The molecule has 0 aromatic heterocycles. The molecule has 0 saturated carbocycles. The van der Waals surface area contributed by atoms with Crippen LogP contribution in [0, 0.1) is 0 Å². The highest BCUT2D eigenvalue weighted by molar-refractivity contribution is 4.88. The summed E-state index contributed by atoms with van der Waals surface area (Å²) >= 11 is 0. The van der Waals surface area contributed by atoms with Crippen molar-refractivity contribution in [1.29, 1.82) is 0 Å². The molecule has 100 valence electrons. The monoisotopic (exact) mass is 240 g/mol. The van der Waals surface area contributed by atoms with E-state index in [0.29, 0.717) is 18.2 Å². The third-order valence-electron chi connectivity index (χ3n) is 4.23. The van der Waals surface area contributed by atoms with Gasteiger partial charge in [-0.3, -0.25) is 4.90 Å². The van der Waals surface area contributed by atoms with E-state index in [1.54, 1.807) is 0 Å². The fourth-order valence-corrected chi connectivity index (χ4v) is 3.24. The Balaban J connectivity index is 1.91. The zero-order valence-electron chi connectivity index (χ0n) is 11.6. The molecular formula is C14H28N2O. The molecule has 0 aromatic rings. The minimum Gasteiger partial charge on any atom is -0.378 e. The van der Waals surface area contributed by atoms with Gasteiger partial charge in [-0.2, -0.15) is 0 Å². The minimum atomic E-state index is 0.510. The Morgan fingerprint density at radius 1 is 1.35 bits per heavy atom. The number of hydrogen-bond donors (Lipinski definition) is 1. The summed E-state index contributed by atoms with van der Waals surface area (Å²) < 4.78 is 5.86. The van der Waals surface area contributed by atoms with E-state index < -0.39 is 0 Å². The summed E-state index contributed by atoms with van der Waals surface area (Å²) in [6.07, 6.45) is 5.44. The SMILES string of the molecule is CCCC1CC(N2CC(C)NCC2C)CCO1. The Hall–Kier alpha value is -0.120. The number of ether oxygens (including phenoxy) is 1. The molecule has 2 rings (SSSR count). The Kier molecular flexibility index (Phi) is 4.83. The summed E-state index contributed by atoms with van der Waals surface area (Å²) in [7, 11) is 0. The second-order valence-electron chi connectivity index (χ2n) is 5.81. The molecule has 4 atom stereocenters. The predicted molar refractivity (Wildman–Crippen MR) is 71.3 cm³/mol. The fourth-order valence-electron chi connectivity index (χ4n) is 3.24. The zero-order chi connectivity index (χ0) is 12.3. The maximum Gasteiger partial charge on any atom is 0.0590 e. The van der Waals surface area contributed by atoms with Crippen molar-refractivity contribution in [3.8, 4) is 0 Å². The fraction of sp³-hybridized carbons (Fsp3) is 1.00. The molecule has 0 radical (unpaired) electrons. The van der Waals surface area contributed by atoms with Crippen LogP contribution in [-0.4, -0.2) is 48.8 Å². The first-order valence-electron chi connectivity index (χ1n) is 7.31. The lowest BCUT2D eigenvalue weighted by atomic mass is 9.96. The first-order valence-corrected chi connectivity index (χ1v) is 7.31. The van der Waals surface area contributed by atoms with Crippen molar-refractivity contribution in [1.82, 2.24) is 10.2 Å². The van der Waals surface area contributed by atoms with Crippen LogP contribution in [0.4, 0.5) is 0 Å². The molecule has 3 heteroatoms. The summed E-state index contributed by atoms with van der Waals surface area (Å²) in [5.74, 6) is 0. The van der Waals surface area contributed by atoms with Crippen molar-refractivity contribution < 1.29 is 4.74 Å².